The van der Waals surface area contributed by atoms with Crippen molar-refractivity contribution < 1.29 is 23.8 Å². The Balaban J connectivity index is 1.78. The minimum atomic E-state index is -0.728. The lowest BCUT2D eigenvalue weighted by atomic mass is 9.99. The van der Waals surface area contributed by atoms with Crippen molar-refractivity contribution in [2.75, 3.05) is 13.2 Å². The molecule has 1 amide bonds. The highest BCUT2D eigenvalue weighted by Crippen LogP contribution is 2.41. The molecule has 4 rings (SSSR count). The molecule has 0 aliphatic carbocycles. The number of thiophene rings is 1. The van der Waals surface area contributed by atoms with Crippen LogP contribution in [0.25, 0.3) is 5.76 Å². The van der Waals surface area contributed by atoms with Crippen LogP contribution in [0.15, 0.2) is 47.4 Å². The van der Waals surface area contributed by atoms with Crippen LogP contribution in [0, 0.1) is 5.82 Å². The van der Waals surface area contributed by atoms with Gasteiger partial charge in [-0.2, -0.15) is 0 Å². The highest BCUT2D eigenvalue weighted by Gasteiger charge is 2.47. The lowest BCUT2D eigenvalue weighted by Gasteiger charge is -2.26. The number of amides is 1. The second kappa shape index (κ2) is 7.25. The van der Waals surface area contributed by atoms with Crippen molar-refractivity contribution in [3.8, 4) is 0 Å². The third-order valence-electron chi connectivity index (χ3n) is 4.89. The summed E-state index contributed by atoms with van der Waals surface area (Å²) in [7, 11) is 0. The van der Waals surface area contributed by atoms with E-state index in [-0.39, 0.29) is 17.4 Å². The molecule has 2 fully saturated rings. The maximum atomic E-state index is 13.2. The predicted molar refractivity (Wildman–Crippen MR) is 98.7 cm³/mol. The maximum Gasteiger partial charge on any atom is 0.295 e. The van der Waals surface area contributed by atoms with Crippen LogP contribution in [0.3, 0.4) is 0 Å². The quantitative estimate of drug-likeness (QED) is 0.495. The molecule has 2 aliphatic rings. The van der Waals surface area contributed by atoms with Gasteiger partial charge in [0.1, 0.15) is 11.6 Å². The van der Waals surface area contributed by atoms with E-state index in [9.17, 15) is 19.1 Å². The summed E-state index contributed by atoms with van der Waals surface area (Å²) < 4.78 is 18.9. The van der Waals surface area contributed by atoms with Crippen LogP contribution in [0.5, 0.6) is 0 Å². The maximum absolute atomic E-state index is 13.2. The van der Waals surface area contributed by atoms with Crippen molar-refractivity contribution in [3.05, 3.63) is 63.6 Å². The van der Waals surface area contributed by atoms with E-state index in [1.807, 2.05) is 17.5 Å². The summed E-state index contributed by atoms with van der Waals surface area (Å²) in [4.78, 5) is 27.7. The van der Waals surface area contributed by atoms with Gasteiger partial charge in [0.2, 0.25) is 0 Å². The Labute approximate surface area is 159 Å². The van der Waals surface area contributed by atoms with Crippen molar-refractivity contribution in [2.24, 2.45) is 0 Å². The van der Waals surface area contributed by atoms with Gasteiger partial charge in [-0.25, -0.2) is 4.39 Å². The molecule has 0 bridgehead atoms. The van der Waals surface area contributed by atoms with Gasteiger partial charge in [-0.1, -0.05) is 6.07 Å². The number of rotatable bonds is 4. The number of ketones is 1. The number of ether oxygens (including phenoxy) is 1. The standard InChI is InChI=1S/C20H18FNO4S/c21-13-7-5-12(6-8-13)18(23)16-17(15-4-2-10-27-15)22(20(25)19(16)24)11-14-3-1-9-26-14/h2,4-8,10,14,17,23H,1,3,9,11H2/t14-,17+/m0/s1. The molecule has 5 nitrogen and oxygen atoms in total. The van der Waals surface area contributed by atoms with Crippen LogP contribution in [0.4, 0.5) is 4.39 Å². The lowest BCUT2D eigenvalue weighted by molar-refractivity contribution is -0.140. The molecule has 0 unspecified atom stereocenters. The average molecular weight is 387 g/mol. The molecule has 0 radical (unpaired) electrons. The number of hydrogen-bond donors (Lipinski definition) is 1. The number of carbonyl (C=O) groups is 2. The van der Waals surface area contributed by atoms with E-state index in [2.05, 4.69) is 0 Å². The molecule has 1 aromatic carbocycles. The molecule has 0 saturated carbocycles. The van der Waals surface area contributed by atoms with Crippen LogP contribution in [-0.4, -0.2) is 41.0 Å². The van der Waals surface area contributed by atoms with Gasteiger partial charge in [-0.3, -0.25) is 9.59 Å². The molecule has 2 aromatic rings. The summed E-state index contributed by atoms with van der Waals surface area (Å²) in [6, 6.07) is 8.20. The van der Waals surface area contributed by atoms with E-state index >= 15 is 0 Å². The normalized spacial score (nSPS) is 24.7. The lowest BCUT2D eigenvalue weighted by Crippen LogP contribution is -2.36. The fourth-order valence-electron chi connectivity index (χ4n) is 3.58. The second-order valence-corrected chi connectivity index (χ2v) is 7.59. The summed E-state index contributed by atoms with van der Waals surface area (Å²) >= 11 is 1.41. The molecule has 0 spiro atoms. The minimum Gasteiger partial charge on any atom is -0.507 e. The summed E-state index contributed by atoms with van der Waals surface area (Å²) in [5.41, 5.74) is 0.333. The SMILES string of the molecule is O=C1C(=O)N(C[C@@H]2CCCO2)[C@H](c2cccs2)C1=C(O)c1ccc(F)cc1. The highest BCUT2D eigenvalue weighted by atomic mass is 32.1. The largest absolute Gasteiger partial charge is 0.507 e. The van der Waals surface area contributed by atoms with E-state index in [0.29, 0.717) is 18.7 Å². The Bertz CT molecular complexity index is 885. The first-order valence-electron chi connectivity index (χ1n) is 8.75. The zero-order chi connectivity index (χ0) is 19.0. The number of benzene rings is 1. The fraction of sp³-hybridized carbons (Fsp3) is 0.300. The molecule has 140 valence electrons. The van der Waals surface area contributed by atoms with Crippen molar-refractivity contribution in [3.63, 3.8) is 0 Å². The highest BCUT2D eigenvalue weighted by molar-refractivity contribution is 7.10. The summed E-state index contributed by atoms with van der Waals surface area (Å²) in [6.45, 7) is 0.946. The van der Waals surface area contributed by atoms with E-state index in [4.69, 9.17) is 4.74 Å². The Hall–Kier alpha value is -2.51. The number of aliphatic hydroxyl groups excluding tert-OH is 1. The van der Waals surface area contributed by atoms with E-state index in [0.717, 1.165) is 17.7 Å². The number of nitrogens with zero attached hydrogens (tertiary/aromatic N) is 1. The fourth-order valence-corrected chi connectivity index (χ4v) is 4.43. The van der Waals surface area contributed by atoms with E-state index < -0.39 is 23.5 Å². The molecular weight excluding hydrogens is 369 g/mol. The molecule has 2 atom stereocenters. The van der Waals surface area contributed by atoms with Crippen LogP contribution in [0.1, 0.15) is 29.3 Å². The first-order valence-corrected chi connectivity index (χ1v) is 9.63. The molecular formula is C20H18FNO4S. The first-order chi connectivity index (χ1) is 13.1. The van der Waals surface area contributed by atoms with Gasteiger partial charge in [0, 0.05) is 23.6 Å². The van der Waals surface area contributed by atoms with Gasteiger partial charge < -0.3 is 14.7 Å². The summed E-state index contributed by atoms with van der Waals surface area (Å²) in [6.07, 6.45) is 1.64. The second-order valence-electron chi connectivity index (χ2n) is 6.61. The van der Waals surface area contributed by atoms with E-state index in [1.165, 1.54) is 40.5 Å². The monoisotopic (exact) mass is 387 g/mol. The van der Waals surface area contributed by atoms with Crippen molar-refractivity contribution in [1.29, 1.82) is 0 Å². The Kier molecular flexibility index (Phi) is 4.80. The number of likely N-dealkylation sites (tertiary alicyclic amines) is 1. The van der Waals surface area contributed by atoms with Gasteiger partial charge in [0.15, 0.2) is 0 Å². The number of hydrogen-bond acceptors (Lipinski definition) is 5. The third kappa shape index (κ3) is 3.28. The first kappa shape index (κ1) is 17.9. The van der Waals surface area contributed by atoms with Crippen molar-refractivity contribution in [1.82, 2.24) is 4.90 Å². The minimum absolute atomic E-state index is 0.0343. The van der Waals surface area contributed by atoms with Crippen LogP contribution in [0.2, 0.25) is 0 Å². The third-order valence-corrected chi connectivity index (χ3v) is 5.82. The van der Waals surface area contributed by atoms with Gasteiger partial charge in [-0.15, -0.1) is 11.3 Å². The zero-order valence-corrected chi connectivity index (χ0v) is 15.2. The van der Waals surface area contributed by atoms with Crippen LogP contribution in [-0.2, 0) is 14.3 Å². The Morgan fingerprint density at radius 1 is 1.26 bits per heavy atom. The van der Waals surface area contributed by atoms with Gasteiger partial charge in [0.25, 0.3) is 11.7 Å². The number of Topliss-reactive ketones (excluding diaryl/α,β-unsaturated/α-hetero) is 1. The Morgan fingerprint density at radius 3 is 2.67 bits per heavy atom. The number of carbonyl (C=O) groups excluding carboxylic acids is 2. The predicted octanol–water partition coefficient (Wildman–Crippen LogP) is 3.49. The number of aliphatic hydroxyl groups is 1. The topological polar surface area (TPSA) is 66.8 Å². The number of halogens is 1. The molecule has 7 heteroatoms. The van der Waals surface area contributed by atoms with Crippen LogP contribution >= 0.6 is 11.3 Å². The van der Waals surface area contributed by atoms with Crippen LogP contribution < -0.4 is 0 Å². The molecule has 27 heavy (non-hydrogen) atoms. The zero-order valence-electron chi connectivity index (χ0n) is 14.4. The smallest absolute Gasteiger partial charge is 0.295 e. The average Bonchev–Trinajstić information content (AvgIpc) is 3.40. The molecule has 3 heterocycles. The Morgan fingerprint density at radius 2 is 2.04 bits per heavy atom. The van der Waals surface area contributed by atoms with Gasteiger partial charge >= 0.3 is 0 Å². The van der Waals surface area contributed by atoms with Crippen molar-refractivity contribution >= 4 is 28.8 Å². The van der Waals surface area contributed by atoms with Crippen molar-refractivity contribution in [2.45, 2.75) is 25.0 Å². The summed E-state index contributed by atoms with van der Waals surface area (Å²) in [5, 5.41) is 12.6. The molecule has 1 N–H and O–H groups in total. The molecule has 2 saturated heterocycles. The van der Waals surface area contributed by atoms with Gasteiger partial charge in [-0.05, 0) is 48.6 Å². The molecule has 1 aromatic heterocycles. The van der Waals surface area contributed by atoms with E-state index in [1.54, 1.807) is 0 Å². The summed E-state index contributed by atoms with van der Waals surface area (Å²) in [5.74, 6) is -2.11. The molecule has 2 aliphatic heterocycles. The van der Waals surface area contributed by atoms with Gasteiger partial charge in [0.05, 0.1) is 17.7 Å².